The number of anilines is 3. The second kappa shape index (κ2) is 15.8. The van der Waals surface area contributed by atoms with Crippen molar-refractivity contribution in [2.24, 2.45) is 0 Å². The van der Waals surface area contributed by atoms with Crippen molar-refractivity contribution < 1.29 is 18.0 Å². The fraction of sp³-hybridized carbons (Fsp3) is 0.243. The Morgan fingerprint density at radius 3 is 1.21 bits per heavy atom. The lowest BCUT2D eigenvalue weighted by molar-refractivity contribution is -0.164. The van der Waals surface area contributed by atoms with Crippen molar-refractivity contribution in [1.29, 1.82) is 0 Å². The van der Waals surface area contributed by atoms with Crippen molar-refractivity contribution in [1.82, 2.24) is 15.0 Å². The van der Waals surface area contributed by atoms with Gasteiger partial charge in [-0.1, -0.05) is 91.0 Å². The van der Waals surface area contributed by atoms with E-state index >= 15 is 0 Å². The topological polar surface area (TPSA) is 65.5 Å². The van der Waals surface area contributed by atoms with Gasteiger partial charge in [-0.15, -0.1) is 0 Å². The molecule has 244 valence electrons. The van der Waals surface area contributed by atoms with E-state index in [4.69, 9.17) is 15.0 Å². The van der Waals surface area contributed by atoms with Crippen molar-refractivity contribution in [3.05, 3.63) is 126 Å². The van der Waals surface area contributed by atoms with Gasteiger partial charge in [-0.2, -0.15) is 28.1 Å². The first-order chi connectivity index (χ1) is 22.5. The zero-order chi connectivity index (χ0) is 34.0. The minimum Gasteiger partial charge on any atom is -0.317 e. The molecule has 4 aromatic rings. The number of hydrogen-bond acceptors (Lipinski definition) is 7. The zero-order valence-corrected chi connectivity index (χ0v) is 27.2. The normalized spacial score (nSPS) is 12.6. The molecule has 4 rings (SSSR count). The van der Waals surface area contributed by atoms with Crippen molar-refractivity contribution in [3.63, 3.8) is 0 Å². The van der Waals surface area contributed by atoms with Gasteiger partial charge in [-0.05, 0) is 62.5 Å². The molecule has 0 bridgehead atoms. The van der Waals surface area contributed by atoms with E-state index in [1.54, 1.807) is 25.1 Å². The van der Waals surface area contributed by atoms with Gasteiger partial charge in [-0.25, -0.2) is 0 Å². The van der Waals surface area contributed by atoms with E-state index in [0.29, 0.717) is 25.0 Å². The third-order valence-electron chi connectivity index (χ3n) is 7.42. The second-order valence-electron chi connectivity index (χ2n) is 10.7. The predicted molar refractivity (Wildman–Crippen MR) is 185 cm³/mol. The van der Waals surface area contributed by atoms with Crippen LogP contribution in [0.4, 0.5) is 31.0 Å². The molecule has 0 amide bonds. The molecule has 10 heteroatoms. The molecule has 0 fully saturated rings. The van der Waals surface area contributed by atoms with Crippen LogP contribution in [0.25, 0.3) is 16.7 Å². The van der Waals surface area contributed by atoms with Crippen LogP contribution in [0.2, 0.25) is 0 Å². The number of alkyl halides is 3. The molecule has 0 aliphatic heterocycles. The average Bonchev–Trinajstić information content (AvgIpc) is 3.10. The van der Waals surface area contributed by atoms with Crippen LogP contribution in [-0.4, -0.2) is 46.5 Å². The number of halogens is 3. The summed E-state index contributed by atoms with van der Waals surface area (Å²) in [5.41, 5.74) is 3.61. The molecule has 0 radical (unpaired) electrons. The Morgan fingerprint density at radius 1 is 0.574 bits per heavy atom. The maximum atomic E-state index is 13.8. The number of Topliss-reactive ketones (excluding diaryl/α,β-unsaturated/α-hetero) is 1. The molecule has 1 heterocycles. The zero-order valence-electron chi connectivity index (χ0n) is 27.2. The monoisotopic (exact) mass is 640 g/mol. The lowest BCUT2D eigenvalue weighted by atomic mass is 10.0. The van der Waals surface area contributed by atoms with Crippen LogP contribution in [0, 0.1) is 0 Å². The van der Waals surface area contributed by atoms with Gasteiger partial charge in [0.2, 0.25) is 17.8 Å². The van der Waals surface area contributed by atoms with Gasteiger partial charge in [0.1, 0.15) is 0 Å². The first kappa shape index (κ1) is 34.6. The smallest absolute Gasteiger partial charge is 0.317 e. The Morgan fingerprint density at radius 2 is 0.894 bits per heavy atom. The molecule has 0 atom stereocenters. The summed E-state index contributed by atoms with van der Waals surface area (Å²) in [7, 11) is 0. The van der Waals surface area contributed by atoms with Crippen molar-refractivity contribution in [2.45, 2.75) is 40.8 Å². The summed E-state index contributed by atoms with van der Waals surface area (Å²) in [5.74, 6) is -1.24. The van der Waals surface area contributed by atoms with Crippen LogP contribution in [0.1, 0.15) is 51.3 Å². The van der Waals surface area contributed by atoms with Crippen LogP contribution in [0.15, 0.2) is 110 Å². The van der Waals surface area contributed by atoms with Crippen LogP contribution in [0.5, 0.6) is 0 Å². The molecular formula is C37H39F3N6O. The molecule has 0 saturated carbocycles. The third-order valence-corrected chi connectivity index (χ3v) is 7.42. The van der Waals surface area contributed by atoms with E-state index in [-0.39, 0.29) is 18.1 Å². The number of rotatable bonds is 13. The van der Waals surface area contributed by atoms with Gasteiger partial charge in [0.15, 0.2) is 0 Å². The number of benzene rings is 3. The number of aromatic nitrogens is 3. The third kappa shape index (κ3) is 8.94. The molecule has 0 N–H and O–H groups in total. The van der Waals surface area contributed by atoms with E-state index in [9.17, 15) is 18.0 Å². The van der Waals surface area contributed by atoms with Crippen molar-refractivity contribution >= 4 is 40.3 Å². The van der Waals surface area contributed by atoms with Crippen molar-refractivity contribution in [2.75, 3.05) is 34.3 Å². The fourth-order valence-corrected chi connectivity index (χ4v) is 4.81. The summed E-state index contributed by atoms with van der Waals surface area (Å²) in [6.07, 6.45) is -0.0205. The summed E-state index contributed by atoms with van der Waals surface area (Å²) in [6.45, 7) is 10.8. The van der Waals surface area contributed by atoms with Gasteiger partial charge in [0.05, 0.1) is 5.57 Å². The Labute approximate surface area is 274 Å². The highest BCUT2D eigenvalue weighted by atomic mass is 19.4. The number of allylic oxidation sites excluding steroid dienone is 3. The summed E-state index contributed by atoms with van der Waals surface area (Å²) in [6, 6.07) is 27.5. The van der Waals surface area contributed by atoms with E-state index in [1.165, 1.54) is 23.2 Å². The largest absolute Gasteiger partial charge is 0.454 e. The number of carbonyl (C=O) groups is 1. The van der Waals surface area contributed by atoms with Gasteiger partial charge in [0, 0.05) is 38.2 Å². The van der Waals surface area contributed by atoms with Crippen LogP contribution >= 0.6 is 0 Å². The molecule has 3 aromatic carbocycles. The minimum absolute atomic E-state index is 0.101. The molecule has 0 aliphatic carbocycles. The quantitative estimate of drug-likeness (QED) is 0.136. The lowest BCUT2D eigenvalue weighted by Crippen LogP contribution is -2.29. The molecular weight excluding hydrogens is 601 g/mol. The first-order valence-corrected chi connectivity index (χ1v) is 15.5. The number of nitrogens with zero attached hydrogens (tertiary/aromatic N) is 6. The van der Waals surface area contributed by atoms with Crippen LogP contribution < -0.4 is 14.7 Å². The van der Waals surface area contributed by atoms with E-state index < -0.39 is 17.5 Å². The van der Waals surface area contributed by atoms with E-state index in [0.717, 1.165) is 22.3 Å². The maximum Gasteiger partial charge on any atom is 0.454 e. The van der Waals surface area contributed by atoms with Gasteiger partial charge >= 0.3 is 6.18 Å². The summed E-state index contributed by atoms with van der Waals surface area (Å²) < 4.78 is 41.5. The highest BCUT2D eigenvalue weighted by molar-refractivity contribution is 6.23. The second-order valence-corrected chi connectivity index (χ2v) is 10.7. The van der Waals surface area contributed by atoms with Crippen molar-refractivity contribution in [3.8, 4) is 0 Å². The Hall–Kier alpha value is -5.25. The summed E-state index contributed by atoms with van der Waals surface area (Å²) in [4.78, 5) is 32.2. The molecule has 7 nitrogen and oxygen atoms in total. The molecule has 0 aliphatic rings. The standard InChI is InChI=1S/C37H39F3N6O/c1-6-44(24-27(4)29-18-12-9-13-19-29)34-41-35(45(7-2)25-28(5)30-20-14-10-15-21-30)43-36(42-34)46(8-3)26-32(33(47)37(38,39)40)31-22-16-11-17-23-31/h9-26H,6-8H2,1-5H3/b27-24-,28-25-,32-26+. The van der Waals surface area contributed by atoms with E-state index in [2.05, 4.69) is 0 Å². The van der Waals surface area contributed by atoms with Gasteiger partial charge in [-0.3, -0.25) is 4.79 Å². The summed E-state index contributed by atoms with van der Waals surface area (Å²) >= 11 is 0. The van der Waals surface area contributed by atoms with Gasteiger partial charge in [0.25, 0.3) is 5.78 Å². The van der Waals surface area contributed by atoms with Gasteiger partial charge < -0.3 is 14.7 Å². The molecule has 1 aromatic heterocycles. The van der Waals surface area contributed by atoms with Crippen LogP contribution in [-0.2, 0) is 4.79 Å². The Bertz CT molecular complexity index is 1640. The Kier molecular flexibility index (Phi) is 11.7. The highest BCUT2D eigenvalue weighted by Gasteiger charge is 2.41. The fourth-order valence-electron chi connectivity index (χ4n) is 4.81. The SMILES string of the molecule is CCN(/C=C(/C)c1ccccc1)c1nc(N(/C=C(/C)c2ccccc2)CC)nc(N(/C=C(/C(=O)C(F)(F)F)c2ccccc2)CC)n1. The number of hydrogen-bond donors (Lipinski definition) is 0. The molecule has 0 saturated heterocycles. The molecule has 47 heavy (non-hydrogen) atoms. The Balaban J connectivity index is 1.90. The molecule has 0 unspecified atom stereocenters. The highest BCUT2D eigenvalue weighted by Crippen LogP contribution is 2.29. The minimum atomic E-state index is -5.08. The summed E-state index contributed by atoms with van der Waals surface area (Å²) in [5, 5.41) is 0. The first-order valence-electron chi connectivity index (χ1n) is 15.5. The lowest BCUT2D eigenvalue weighted by Gasteiger charge is -2.25. The predicted octanol–water partition coefficient (Wildman–Crippen LogP) is 8.65. The average molecular weight is 641 g/mol. The van der Waals surface area contributed by atoms with Crippen LogP contribution in [0.3, 0.4) is 0 Å². The number of ketones is 1. The van der Waals surface area contributed by atoms with E-state index in [1.807, 2.05) is 111 Å². The molecule has 0 spiro atoms. The maximum absolute atomic E-state index is 13.8. The number of carbonyl (C=O) groups excluding carboxylic acids is 1.